The highest BCUT2D eigenvalue weighted by molar-refractivity contribution is 7.86. The summed E-state index contributed by atoms with van der Waals surface area (Å²) in [5, 5.41) is 3.06. The largest absolute Gasteiger partial charge is 0.378 e. The van der Waals surface area contributed by atoms with Gasteiger partial charge < -0.3 is 15.0 Å². The highest BCUT2D eigenvalue weighted by atomic mass is 32.2. The number of nitrogens with one attached hydrogen (secondary N) is 1. The van der Waals surface area contributed by atoms with Crippen LogP contribution >= 0.6 is 0 Å². The third kappa shape index (κ3) is 5.28. The topological polar surface area (TPSA) is 82.2 Å². The summed E-state index contributed by atoms with van der Waals surface area (Å²) in [6.45, 7) is 5.92. The summed E-state index contributed by atoms with van der Waals surface area (Å²) in [5.41, 5.74) is 2.19. The molecule has 9 heteroatoms. The zero-order valence-electron chi connectivity index (χ0n) is 17.5. The number of nitrogens with zero attached hydrogens (tertiary/aromatic N) is 3. The number of hydrogen-bond acceptors (Lipinski definition) is 5. The number of amides is 1. The molecule has 0 bridgehead atoms. The van der Waals surface area contributed by atoms with Gasteiger partial charge in [0.2, 0.25) is 5.91 Å². The molecule has 2 aliphatic rings. The number of morpholine rings is 1. The normalized spacial score (nSPS) is 22.5. The molecule has 2 aliphatic heterocycles. The lowest BCUT2D eigenvalue weighted by atomic mass is 9.98. The number of carbonyl (C=O) groups is 1. The molecular formula is C20H32N4O4S. The molecule has 0 saturated carbocycles. The minimum atomic E-state index is -3.49. The van der Waals surface area contributed by atoms with Gasteiger partial charge in [-0.05, 0) is 37.5 Å². The van der Waals surface area contributed by atoms with Crippen LogP contribution in [0.2, 0.25) is 0 Å². The second-order valence-electron chi connectivity index (χ2n) is 7.91. The number of benzene rings is 1. The fraction of sp³-hybridized carbons (Fsp3) is 0.650. The van der Waals surface area contributed by atoms with Crippen LogP contribution in [0.15, 0.2) is 24.3 Å². The third-order valence-electron chi connectivity index (χ3n) is 5.67. The Morgan fingerprint density at radius 2 is 1.83 bits per heavy atom. The van der Waals surface area contributed by atoms with E-state index >= 15 is 0 Å². The maximum atomic E-state index is 12.8. The Bertz CT molecular complexity index is 791. The van der Waals surface area contributed by atoms with E-state index in [1.807, 2.05) is 19.1 Å². The summed E-state index contributed by atoms with van der Waals surface area (Å²) in [5.74, 6) is -0.415. The van der Waals surface area contributed by atoms with Crippen molar-refractivity contribution < 1.29 is 17.9 Å². The molecule has 2 fully saturated rings. The summed E-state index contributed by atoms with van der Waals surface area (Å²) in [7, 11) is -0.458. The first-order valence-electron chi connectivity index (χ1n) is 10.2. The van der Waals surface area contributed by atoms with Crippen molar-refractivity contribution in [2.75, 3.05) is 58.4 Å². The molecule has 0 aliphatic carbocycles. The molecule has 0 aromatic heterocycles. The summed E-state index contributed by atoms with van der Waals surface area (Å²) < 4.78 is 32.7. The SMILES string of the molecule is C[C@H](NC(=O)[C@H]1CCCN(S(=O)(=O)N(C)C)C1)c1ccc(N2CCOCC2)cc1. The van der Waals surface area contributed by atoms with Crippen LogP contribution in [0.1, 0.15) is 31.4 Å². The molecule has 8 nitrogen and oxygen atoms in total. The molecule has 2 heterocycles. The lowest BCUT2D eigenvalue weighted by Gasteiger charge is -2.33. The maximum Gasteiger partial charge on any atom is 0.281 e. The molecular weight excluding hydrogens is 392 g/mol. The number of hydrogen-bond donors (Lipinski definition) is 1. The fourth-order valence-corrected chi connectivity index (χ4v) is 5.00. The molecule has 29 heavy (non-hydrogen) atoms. The first-order valence-corrected chi connectivity index (χ1v) is 11.6. The van der Waals surface area contributed by atoms with Crippen LogP contribution in [0.25, 0.3) is 0 Å². The second kappa shape index (κ2) is 9.42. The predicted molar refractivity (Wildman–Crippen MR) is 113 cm³/mol. The molecule has 1 amide bonds. The number of piperidine rings is 1. The van der Waals surface area contributed by atoms with Gasteiger partial charge in [0.05, 0.1) is 25.2 Å². The third-order valence-corrected chi connectivity index (χ3v) is 7.58. The van der Waals surface area contributed by atoms with E-state index < -0.39 is 10.2 Å². The van der Waals surface area contributed by atoms with Crippen molar-refractivity contribution in [2.45, 2.75) is 25.8 Å². The van der Waals surface area contributed by atoms with Crippen LogP contribution in [0, 0.1) is 5.92 Å². The van der Waals surface area contributed by atoms with Crippen molar-refractivity contribution in [2.24, 2.45) is 5.92 Å². The second-order valence-corrected chi connectivity index (χ2v) is 10.1. The van der Waals surface area contributed by atoms with Gasteiger partial charge in [0.1, 0.15) is 0 Å². The van der Waals surface area contributed by atoms with E-state index in [1.54, 1.807) is 0 Å². The van der Waals surface area contributed by atoms with Crippen LogP contribution in [-0.2, 0) is 19.7 Å². The van der Waals surface area contributed by atoms with Crippen LogP contribution < -0.4 is 10.2 Å². The van der Waals surface area contributed by atoms with E-state index in [0.29, 0.717) is 19.4 Å². The summed E-state index contributed by atoms with van der Waals surface area (Å²) in [6.07, 6.45) is 1.39. The van der Waals surface area contributed by atoms with E-state index in [9.17, 15) is 13.2 Å². The van der Waals surface area contributed by atoms with Gasteiger partial charge in [0.15, 0.2) is 0 Å². The van der Waals surface area contributed by atoms with Crippen LogP contribution in [0.5, 0.6) is 0 Å². The molecule has 2 saturated heterocycles. The van der Waals surface area contributed by atoms with Gasteiger partial charge in [-0.2, -0.15) is 17.0 Å². The lowest BCUT2D eigenvalue weighted by molar-refractivity contribution is -0.126. The monoisotopic (exact) mass is 424 g/mol. The first kappa shape index (κ1) is 22.0. The number of ether oxygens (including phenoxy) is 1. The minimum absolute atomic E-state index is 0.0894. The van der Waals surface area contributed by atoms with Crippen molar-refractivity contribution in [3.63, 3.8) is 0 Å². The zero-order valence-corrected chi connectivity index (χ0v) is 18.3. The quantitative estimate of drug-likeness (QED) is 0.743. The molecule has 1 aromatic rings. The fourth-order valence-electron chi connectivity index (χ4n) is 3.81. The van der Waals surface area contributed by atoms with Crippen LogP contribution in [0.3, 0.4) is 0 Å². The zero-order chi connectivity index (χ0) is 21.0. The van der Waals surface area contributed by atoms with E-state index in [-0.39, 0.29) is 24.4 Å². The lowest BCUT2D eigenvalue weighted by Crippen LogP contribution is -2.49. The predicted octanol–water partition coefficient (Wildman–Crippen LogP) is 1.22. The van der Waals surface area contributed by atoms with Gasteiger partial charge in [0.25, 0.3) is 10.2 Å². The summed E-state index contributed by atoms with van der Waals surface area (Å²) in [6, 6.07) is 8.10. The Balaban J connectivity index is 1.58. The van der Waals surface area contributed by atoms with E-state index in [2.05, 4.69) is 22.3 Å². The van der Waals surface area contributed by atoms with E-state index in [4.69, 9.17) is 4.74 Å². The van der Waals surface area contributed by atoms with Crippen molar-refractivity contribution in [1.29, 1.82) is 0 Å². The molecule has 0 spiro atoms. The number of rotatable bonds is 6. The summed E-state index contributed by atoms with van der Waals surface area (Å²) in [4.78, 5) is 15.1. The van der Waals surface area contributed by atoms with Gasteiger partial charge in [-0.1, -0.05) is 12.1 Å². The van der Waals surface area contributed by atoms with Crippen LogP contribution in [-0.4, -0.2) is 76.4 Å². The molecule has 1 aromatic carbocycles. The Hall–Kier alpha value is -1.68. The average molecular weight is 425 g/mol. The Kier molecular flexibility index (Phi) is 7.15. The molecule has 0 unspecified atom stereocenters. The van der Waals surface area contributed by atoms with Crippen molar-refractivity contribution >= 4 is 21.8 Å². The molecule has 2 atom stereocenters. The highest BCUT2D eigenvalue weighted by Gasteiger charge is 2.33. The van der Waals surface area contributed by atoms with Gasteiger partial charge in [-0.3, -0.25) is 4.79 Å². The first-order chi connectivity index (χ1) is 13.8. The van der Waals surface area contributed by atoms with E-state index in [1.165, 1.54) is 22.7 Å². The Morgan fingerprint density at radius 1 is 1.17 bits per heavy atom. The minimum Gasteiger partial charge on any atom is -0.378 e. The van der Waals surface area contributed by atoms with Gasteiger partial charge in [0, 0.05) is 46.0 Å². The van der Waals surface area contributed by atoms with Gasteiger partial charge in [-0.25, -0.2) is 0 Å². The molecule has 0 radical (unpaired) electrons. The standard InChI is InChI=1S/C20H32N4O4S/c1-16(17-6-8-19(9-7-17)23-11-13-28-14-12-23)21-20(25)18-5-4-10-24(15-18)29(26,27)22(2)3/h6-9,16,18H,4-5,10-15H2,1-3H3,(H,21,25)/t16-,18-/m0/s1. The number of carbonyl (C=O) groups excluding carboxylic acids is 1. The highest BCUT2D eigenvalue weighted by Crippen LogP contribution is 2.23. The van der Waals surface area contributed by atoms with Crippen molar-refractivity contribution in [1.82, 2.24) is 13.9 Å². The van der Waals surface area contributed by atoms with Crippen molar-refractivity contribution in [3.8, 4) is 0 Å². The molecule has 3 rings (SSSR count). The van der Waals surface area contributed by atoms with Crippen LogP contribution in [0.4, 0.5) is 5.69 Å². The smallest absolute Gasteiger partial charge is 0.281 e. The van der Waals surface area contributed by atoms with E-state index in [0.717, 1.165) is 37.6 Å². The molecule has 162 valence electrons. The number of anilines is 1. The molecule has 1 N–H and O–H groups in total. The van der Waals surface area contributed by atoms with Crippen molar-refractivity contribution in [3.05, 3.63) is 29.8 Å². The Labute approximate surface area is 174 Å². The van der Waals surface area contributed by atoms with Gasteiger partial charge in [-0.15, -0.1) is 0 Å². The Morgan fingerprint density at radius 3 is 2.45 bits per heavy atom. The van der Waals surface area contributed by atoms with Gasteiger partial charge >= 0.3 is 0 Å². The maximum absolute atomic E-state index is 12.8. The summed E-state index contributed by atoms with van der Waals surface area (Å²) >= 11 is 0. The average Bonchev–Trinajstić information content (AvgIpc) is 2.74.